The van der Waals surface area contributed by atoms with Crippen LogP contribution >= 0.6 is 0 Å². The Labute approximate surface area is 91.9 Å². The second-order valence-corrected chi connectivity index (χ2v) is 3.68. The predicted octanol–water partition coefficient (Wildman–Crippen LogP) is -0.330. The van der Waals surface area contributed by atoms with Crippen LogP contribution in [0.5, 0.6) is 0 Å². The third kappa shape index (κ3) is 1.46. The Kier molecular flexibility index (Phi) is 1.95. The minimum absolute atomic E-state index is 0.573. The normalized spacial score (nSPS) is 14.9. The summed E-state index contributed by atoms with van der Waals surface area (Å²) >= 11 is 0. The lowest BCUT2D eigenvalue weighted by atomic mass is 10.4. The summed E-state index contributed by atoms with van der Waals surface area (Å²) in [5.74, 6) is 1.62. The molecule has 0 saturated carbocycles. The van der Waals surface area contributed by atoms with Gasteiger partial charge in [0.15, 0.2) is 5.82 Å². The summed E-state index contributed by atoms with van der Waals surface area (Å²) < 4.78 is 2.04. The number of rotatable bonds is 1. The van der Waals surface area contributed by atoms with E-state index in [4.69, 9.17) is 5.73 Å². The Morgan fingerprint density at radius 1 is 1.19 bits per heavy atom. The fourth-order valence-corrected chi connectivity index (χ4v) is 1.73. The molecule has 0 unspecified atom stereocenters. The molecule has 0 atom stereocenters. The Hall–Kier alpha value is -2.18. The average Bonchev–Trinajstić information content (AvgIpc) is 2.77. The smallest absolute Gasteiger partial charge is 0.225 e. The van der Waals surface area contributed by atoms with Gasteiger partial charge in [-0.3, -0.25) is 0 Å². The van der Waals surface area contributed by atoms with Gasteiger partial charge in [0.1, 0.15) is 6.33 Å². The minimum atomic E-state index is 0.573. The number of hydrogen-bond acceptors (Lipinski definition) is 6. The lowest BCUT2D eigenvalue weighted by molar-refractivity contribution is 0.551. The number of anilines is 2. The molecular weight excluding hydrogens is 206 g/mol. The minimum Gasteiger partial charge on any atom is -0.396 e. The summed E-state index contributed by atoms with van der Waals surface area (Å²) in [5.41, 5.74) is 6.12. The third-order valence-corrected chi connectivity index (χ3v) is 2.58. The van der Waals surface area contributed by atoms with Crippen LogP contribution in [-0.4, -0.2) is 31.3 Å². The molecule has 0 spiro atoms. The Balaban J connectivity index is 1.86. The van der Waals surface area contributed by atoms with Crippen molar-refractivity contribution >= 4 is 11.6 Å². The summed E-state index contributed by atoms with van der Waals surface area (Å²) in [6, 6.07) is 0. The maximum Gasteiger partial charge on any atom is 0.225 e. The summed E-state index contributed by atoms with van der Waals surface area (Å²) in [6.45, 7) is 2.40. The predicted molar refractivity (Wildman–Crippen MR) is 57.5 cm³/mol. The zero-order chi connectivity index (χ0) is 11.0. The van der Waals surface area contributed by atoms with Crippen molar-refractivity contribution in [1.82, 2.24) is 24.7 Å². The SMILES string of the molecule is Nc1cnc(N2CCn3cnnc3C2)nc1. The number of hydrogen-bond donors (Lipinski definition) is 1. The molecule has 1 aliphatic heterocycles. The lowest BCUT2D eigenvalue weighted by Gasteiger charge is -2.26. The van der Waals surface area contributed by atoms with Gasteiger partial charge < -0.3 is 15.2 Å². The van der Waals surface area contributed by atoms with Gasteiger partial charge in [0.25, 0.3) is 0 Å². The molecule has 7 nitrogen and oxygen atoms in total. The van der Waals surface area contributed by atoms with Gasteiger partial charge in [-0.1, -0.05) is 0 Å². The summed E-state index contributed by atoms with van der Waals surface area (Å²) in [5, 5.41) is 7.91. The van der Waals surface area contributed by atoms with Gasteiger partial charge in [0.2, 0.25) is 5.95 Å². The van der Waals surface area contributed by atoms with Crippen LogP contribution < -0.4 is 10.6 Å². The molecule has 0 fully saturated rings. The monoisotopic (exact) mass is 217 g/mol. The molecule has 82 valence electrons. The van der Waals surface area contributed by atoms with Crippen molar-refractivity contribution in [3.8, 4) is 0 Å². The molecule has 3 heterocycles. The van der Waals surface area contributed by atoms with Crippen LogP contribution in [0.15, 0.2) is 18.7 Å². The van der Waals surface area contributed by atoms with Crippen LogP contribution in [0, 0.1) is 0 Å². The zero-order valence-electron chi connectivity index (χ0n) is 8.61. The quantitative estimate of drug-likeness (QED) is 0.704. The third-order valence-electron chi connectivity index (χ3n) is 2.58. The van der Waals surface area contributed by atoms with Gasteiger partial charge in [-0.25, -0.2) is 9.97 Å². The van der Waals surface area contributed by atoms with E-state index >= 15 is 0 Å². The van der Waals surface area contributed by atoms with Crippen molar-refractivity contribution in [2.45, 2.75) is 13.1 Å². The summed E-state index contributed by atoms with van der Waals surface area (Å²) in [6.07, 6.45) is 4.97. The second kappa shape index (κ2) is 3.44. The van der Waals surface area contributed by atoms with E-state index in [1.165, 1.54) is 0 Å². The molecule has 0 aliphatic carbocycles. The highest BCUT2D eigenvalue weighted by molar-refractivity contribution is 5.38. The van der Waals surface area contributed by atoms with Gasteiger partial charge in [0, 0.05) is 13.1 Å². The van der Waals surface area contributed by atoms with Crippen LogP contribution in [0.3, 0.4) is 0 Å². The summed E-state index contributed by atoms with van der Waals surface area (Å²) in [4.78, 5) is 10.4. The first-order valence-corrected chi connectivity index (χ1v) is 5.02. The van der Waals surface area contributed by atoms with Crippen LogP contribution in [-0.2, 0) is 13.1 Å². The van der Waals surface area contributed by atoms with Crippen molar-refractivity contribution < 1.29 is 0 Å². The van der Waals surface area contributed by atoms with Crippen LogP contribution in [0.2, 0.25) is 0 Å². The molecule has 1 aliphatic rings. The zero-order valence-corrected chi connectivity index (χ0v) is 8.61. The van der Waals surface area contributed by atoms with Gasteiger partial charge in [0.05, 0.1) is 24.6 Å². The van der Waals surface area contributed by atoms with Gasteiger partial charge in [-0.2, -0.15) is 0 Å². The molecule has 7 heteroatoms. The van der Waals surface area contributed by atoms with Crippen molar-refractivity contribution in [1.29, 1.82) is 0 Å². The Morgan fingerprint density at radius 2 is 2.00 bits per heavy atom. The van der Waals surface area contributed by atoms with Gasteiger partial charge in [-0.05, 0) is 0 Å². The van der Waals surface area contributed by atoms with E-state index < -0.39 is 0 Å². The fourth-order valence-electron chi connectivity index (χ4n) is 1.73. The Bertz CT molecular complexity index is 489. The average molecular weight is 217 g/mol. The number of nitrogen functional groups attached to an aromatic ring is 1. The van der Waals surface area contributed by atoms with Gasteiger partial charge >= 0.3 is 0 Å². The number of fused-ring (bicyclic) bond motifs is 1. The lowest BCUT2D eigenvalue weighted by Crippen LogP contribution is -2.34. The highest BCUT2D eigenvalue weighted by Crippen LogP contribution is 2.15. The maximum absolute atomic E-state index is 5.55. The molecule has 3 rings (SSSR count). The topological polar surface area (TPSA) is 85.8 Å². The van der Waals surface area contributed by atoms with E-state index in [2.05, 4.69) is 25.1 Å². The highest BCUT2D eigenvalue weighted by atomic mass is 15.3. The Morgan fingerprint density at radius 3 is 2.81 bits per heavy atom. The van der Waals surface area contributed by atoms with E-state index in [1.807, 2.05) is 4.57 Å². The number of nitrogens with two attached hydrogens (primary N) is 1. The maximum atomic E-state index is 5.55. The van der Waals surface area contributed by atoms with Crippen molar-refractivity contribution in [3.63, 3.8) is 0 Å². The van der Waals surface area contributed by atoms with Crippen molar-refractivity contribution in [2.24, 2.45) is 0 Å². The molecule has 0 radical (unpaired) electrons. The summed E-state index contributed by atoms with van der Waals surface area (Å²) in [7, 11) is 0. The van der Waals surface area contributed by atoms with E-state index in [9.17, 15) is 0 Å². The second-order valence-electron chi connectivity index (χ2n) is 3.68. The molecule has 2 N–H and O–H groups in total. The molecule has 2 aromatic heterocycles. The standard InChI is InChI=1S/C9H11N7/c10-7-3-11-9(12-4-7)15-1-2-16-6-13-14-8(16)5-15/h3-4,6H,1-2,5,10H2. The van der Waals surface area contributed by atoms with Crippen LogP contribution in [0.25, 0.3) is 0 Å². The van der Waals surface area contributed by atoms with Crippen molar-refractivity contribution in [3.05, 3.63) is 24.5 Å². The first-order chi connectivity index (χ1) is 7.83. The molecule has 0 aromatic carbocycles. The largest absolute Gasteiger partial charge is 0.396 e. The number of nitrogens with zero attached hydrogens (tertiary/aromatic N) is 6. The van der Waals surface area contributed by atoms with Crippen molar-refractivity contribution in [2.75, 3.05) is 17.2 Å². The molecule has 0 saturated heterocycles. The van der Waals surface area contributed by atoms with Crippen LogP contribution in [0.4, 0.5) is 11.6 Å². The fraction of sp³-hybridized carbons (Fsp3) is 0.333. The highest BCUT2D eigenvalue weighted by Gasteiger charge is 2.19. The van der Waals surface area contributed by atoms with Crippen LogP contribution in [0.1, 0.15) is 5.82 Å². The van der Waals surface area contributed by atoms with Gasteiger partial charge in [-0.15, -0.1) is 10.2 Å². The molecule has 2 aromatic rings. The molecule has 16 heavy (non-hydrogen) atoms. The molecule has 0 bridgehead atoms. The van der Waals surface area contributed by atoms with E-state index in [0.29, 0.717) is 18.2 Å². The van der Waals surface area contributed by atoms with E-state index in [0.717, 1.165) is 18.9 Å². The number of aromatic nitrogens is 5. The molecule has 0 amide bonds. The van der Waals surface area contributed by atoms with E-state index in [1.54, 1.807) is 18.7 Å². The molecular formula is C9H11N7. The first kappa shape index (κ1) is 9.08. The van der Waals surface area contributed by atoms with E-state index in [-0.39, 0.29) is 0 Å². The first-order valence-electron chi connectivity index (χ1n) is 5.02.